The minimum absolute atomic E-state index is 1.11. The maximum atomic E-state index is 3.87. The van der Waals surface area contributed by atoms with E-state index in [1.165, 1.54) is 19.3 Å². The number of hydrogen-bond acceptors (Lipinski definition) is 2. The van der Waals surface area contributed by atoms with Gasteiger partial charge in [-0.3, -0.25) is 0 Å². The van der Waals surface area contributed by atoms with Gasteiger partial charge in [0.15, 0.2) is 0 Å². The fraction of sp³-hybridized carbons (Fsp3) is 0.857. The van der Waals surface area contributed by atoms with E-state index in [1.807, 2.05) is 13.3 Å². The molecular formula is C7H16N2. The summed E-state index contributed by atoms with van der Waals surface area (Å²) < 4.78 is 0. The lowest BCUT2D eigenvalue weighted by molar-refractivity contribution is 0.742. The lowest BCUT2D eigenvalue weighted by Gasteiger charge is -1.90. The first-order valence-corrected chi connectivity index (χ1v) is 3.60. The van der Waals surface area contributed by atoms with Crippen molar-refractivity contribution in [3.63, 3.8) is 0 Å². The molecule has 0 radical (unpaired) electrons. The topological polar surface area (TPSA) is 24.4 Å². The normalized spacial score (nSPS) is 10.4. The molecule has 0 aromatic rings. The molecular weight excluding hydrogens is 112 g/mol. The zero-order valence-corrected chi connectivity index (χ0v) is 6.35. The van der Waals surface area contributed by atoms with Crippen LogP contribution in [0.3, 0.4) is 0 Å². The second kappa shape index (κ2) is 7.47. The van der Waals surface area contributed by atoms with E-state index in [0.29, 0.717) is 0 Å². The van der Waals surface area contributed by atoms with Crippen LogP contribution < -0.4 is 5.43 Å². The highest BCUT2D eigenvalue weighted by Crippen LogP contribution is 1.95. The first-order valence-electron chi connectivity index (χ1n) is 3.60. The van der Waals surface area contributed by atoms with Crippen molar-refractivity contribution in [1.82, 2.24) is 5.43 Å². The average Bonchev–Trinajstić information content (AvgIpc) is 1.89. The van der Waals surface area contributed by atoms with E-state index >= 15 is 0 Å². The molecule has 0 aliphatic rings. The quantitative estimate of drug-likeness (QED) is 0.340. The largest absolute Gasteiger partial charge is 0.313 e. The highest BCUT2D eigenvalue weighted by molar-refractivity contribution is 5.56. The van der Waals surface area contributed by atoms with Gasteiger partial charge in [0.2, 0.25) is 0 Å². The van der Waals surface area contributed by atoms with Crippen molar-refractivity contribution < 1.29 is 0 Å². The molecule has 0 aliphatic carbocycles. The molecule has 0 unspecified atom stereocenters. The van der Waals surface area contributed by atoms with Crippen molar-refractivity contribution in [3.05, 3.63) is 0 Å². The summed E-state index contributed by atoms with van der Waals surface area (Å²) >= 11 is 0. The van der Waals surface area contributed by atoms with E-state index < -0.39 is 0 Å². The maximum absolute atomic E-state index is 3.87. The summed E-state index contributed by atoms with van der Waals surface area (Å²) in [4.78, 5) is 0. The summed E-state index contributed by atoms with van der Waals surface area (Å²) in [5.74, 6) is 0. The molecule has 1 N–H and O–H groups in total. The van der Waals surface area contributed by atoms with Crippen LogP contribution in [-0.2, 0) is 0 Å². The number of nitrogens with one attached hydrogen (secondary N) is 1. The highest BCUT2D eigenvalue weighted by atomic mass is 15.3. The fourth-order valence-electron chi connectivity index (χ4n) is 0.641. The third-order valence-corrected chi connectivity index (χ3v) is 1.16. The van der Waals surface area contributed by atoms with Gasteiger partial charge in [-0.05, 0) is 12.8 Å². The highest BCUT2D eigenvalue weighted by Gasteiger charge is 1.80. The van der Waals surface area contributed by atoms with Crippen LogP contribution in [0.1, 0.15) is 32.6 Å². The Morgan fingerprint density at radius 3 is 2.78 bits per heavy atom. The van der Waals surface area contributed by atoms with E-state index in [4.69, 9.17) is 0 Å². The van der Waals surface area contributed by atoms with E-state index in [9.17, 15) is 0 Å². The molecule has 9 heavy (non-hydrogen) atoms. The van der Waals surface area contributed by atoms with Gasteiger partial charge in [0, 0.05) is 13.3 Å². The molecule has 0 bridgehead atoms. The molecule has 0 spiro atoms. The first kappa shape index (κ1) is 8.47. The van der Waals surface area contributed by atoms with Gasteiger partial charge in [-0.25, -0.2) is 0 Å². The fourth-order valence-corrected chi connectivity index (χ4v) is 0.641. The Balaban J connectivity index is 2.82. The van der Waals surface area contributed by atoms with E-state index in [2.05, 4.69) is 17.5 Å². The Labute approximate surface area is 57.3 Å². The summed E-state index contributed by atoms with van der Waals surface area (Å²) in [6.07, 6.45) is 6.90. The Morgan fingerprint density at radius 1 is 1.44 bits per heavy atom. The third kappa shape index (κ3) is 7.47. The zero-order valence-electron chi connectivity index (χ0n) is 6.35. The number of hydrazone groups is 1. The summed E-state index contributed by atoms with van der Waals surface area (Å²) in [5, 5.41) is 3.87. The van der Waals surface area contributed by atoms with E-state index in [-0.39, 0.29) is 0 Å². The number of hydrogen-bond donors (Lipinski definition) is 1. The predicted molar refractivity (Wildman–Crippen MR) is 41.7 cm³/mol. The van der Waals surface area contributed by atoms with Crippen LogP contribution in [0.2, 0.25) is 0 Å². The van der Waals surface area contributed by atoms with Crippen molar-refractivity contribution in [3.8, 4) is 0 Å². The molecule has 0 aromatic heterocycles. The van der Waals surface area contributed by atoms with E-state index in [0.717, 1.165) is 6.42 Å². The molecule has 0 fully saturated rings. The summed E-state index contributed by atoms with van der Waals surface area (Å²) in [6.45, 7) is 2.20. The Kier molecular flexibility index (Phi) is 7.03. The Morgan fingerprint density at radius 2 is 2.22 bits per heavy atom. The SMILES string of the molecule is CCCCC/C=N/NC. The van der Waals surface area contributed by atoms with Crippen LogP contribution >= 0.6 is 0 Å². The van der Waals surface area contributed by atoms with Crippen LogP contribution in [0.4, 0.5) is 0 Å². The molecule has 54 valence electrons. The van der Waals surface area contributed by atoms with Gasteiger partial charge in [-0.1, -0.05) is 19.8 Å². The Hall–Kier alpha value is -0.530. The van der Waals surface area contributed by atoms with Gasteiger partial charge in [-0.2, -0.15) is 5.10 Å². The van der Waals surface area contributed by atoms with Gasteiger partial charge in [0.1, 0.15) is 0 Å². The van der Waals surface area contributed by atoms with Gasteiger partial charge in [-0.15, -0.1) is 0 Å². The van der Waals surface area contributed by atoms with Gasteiger partial charge >= 0.3 is 0 Å². The number of nitrogens with zero attached hydrogens (tertiary/aromatic N) is 1. The second-order valence-corrected chi connectivity index (χ2v) is 2.03. The van der Waals surface area contributed by atoms with Crippen LogP contribution in [-0.4, -0.2) is 13.3 Å². The summed E-state index contributed by atoms with van der Waals surface area (Å²) in [5.41, 5.74) is 2.71. The van der Waals surface area contributed by atoms with Crippen molar-refractivity contribution in [2.75, 3.05) is 7.05 Å². The number of rotatable bonds is 5. The maximum Gasteiger partial charge on any atom is 0.0242 e. The molecule has 0 saturated carbocycles. The number of unbranched alkanes of at least 4 members (excludes halogenated alkanes) is 3. The minimum Gasteiger partial charge on any atom is -0.313 e. The van der Waals surface area contributed by atoms with Gasteiger partial charge in [0.25, 0.3) is 0 Å². The lowest BCUT2D eigenvalue weighted by Crippen LogP contribution is -1.93. The van der Waals surface area contributed by atoms with Gasteiger partial charge in [0.05, 0.1) is 0 Å². The Bertz CT molecular complexity index is 69.3. The van der Waals surface area contributed by atoms with E-state index in [1.54, 1.807) is 0 Å². The van der Waals surface area contributed by atoms with Crippen LogP contribution in [0.25, 0.3) is 0 Å². The van der Waals surface area contributed by atoms with Crippen molar-refractivity contribution in [2.45, 2.75) is 32.6 Å². The molecule has 2 nitrogen and oxygen atoms in total. The molecule has 0 rings (SSSR count). The molecule has 0 saturated heterocycles. The van der Waals surface area contributed by atoms with Crippen molar-refractivity contribution in [1.29, 1.82) is 0 Å². The molecule has 0 amide bonds. The molecule has 0 aliphatic heterocycles. The smallest absolute Gasteiger partial charge is 0.0242 e. The zero-order chi connectivity index (χ0) is 6.95. The minimum atomic E-state index is 1.11. The van der Waals surface area contributed by atoms with Crippen molar-refractivity contribution >= 4 is 6.21 Å². The molecule has 0 heterocycles. The lowest BCUT2D eigenvalue weighted by atomic mass is 10.2. The third-order valence-electron chi connectivity index (χ3n) is 1.16. The summed E-state index contributed by atoms with van der Waals surface area (Å²) in [6, 6.07) is 0. The standard InChI is InChI=1S/C7H16N2/c1-3-4-5-6-7-9-8-2/h7-8H,3-6H2,1-2H3/b9-7+. The van der Waals surface area contributed by atoms with Crippen LogP contribution in [0, 0.1) is 0 Å². The van der Waals surface area contributed by atoms with Crippen LogP contribution in [0.5, 0.6) is 0 Å². The van der Waals surface area contributed by atoms with Crippen LogP contribution in [0.15, 0.2) is 5.10 Å². The predicted octanol–water partition coefficient (Wildman–Crippen LogP) is 1.77. The molecule has 2 heteroatoms. The average molecular weight is 128 g/mol. The second-order valence-electron chi connectivity index (χ2n) is 2.03. The first-order chi connectivity index (χ1) is 4.41. The molecule has 0 aromatic carbocycles. The van der Waals surface area contributed by atoms with Crippen molar-refractivity contribution in [2.24, 2.45) is 5.10 Å². The summed E-state index contributed by atoms with van der Waals surface area (Å²) in [7, 11) is 1.82. The van der Waals surface area contributed by atoms with Gasteiger partial charge < -0.3 is 5.43 Å². The molecule has 0 atom stereocenters. The monoisotopic (exact) mass is 128 g/mol.